The summed E-state index contributed by atoms with van der Waals surface area (Å²) in [6.45, 7) is -0.218. The first-order chi connectivity index (χ1) is 9.08. The van der Waals surface area contributed by atoms with E-state index in [9.17, 15) is 14.9 Å². The van der Waals surface area contributed by atoms with Crippen molar-refractivity contribution < 1.29 is 9.72 Å². The van der Waals surface area contributed by atoms with Gasteiger partial charge in [-0.25, -0.2) is 0 Å². The average Bonchev–Trinajstić information content (AvgIpc) is 2.39. The van der Waals surface area contributed by atoms with Crippen molar-refractivity contribution in [3.8, 4) is 12.1 Å². The fourth-order valence-corrected chi connectivity index (χ4v) is 1.46. The van der Waals surface area contributed by atoms with E-state index < -0.39 is 4.92 Å². The van der Waals surface area contributed by atoms with Gasteiger partial charge in [0.25, 0.3) is 5.69 Å². The lowest BCUT2D eigenvalue weighted by Crippen LogP contribution is -2.30. The molecule has 0 aliphatic rings. The van der Waals surface area contributed by atoms with Crippen molar-refractivity contribution in [3.05, 3.63) is 39.9 Å². The van der Waals surface area contributed by atoms with Gasteiger partial charge in [0.05, 0.1) is 36.7 Å². The second-order valence-electron chi connectivity index (χ2n) is 3.69. The van der Waals surface area contributed by atoms with Crippen LogP contribution in [0.1, 0.15) is 10.4 Å². The van der Waals surface area contributed by atoms with Crippen LogP contribution in [0.15, 0.2) is 24.3 Å². The number of nitro groups is 1. The Morgan fingerprint density at radius 1 is 1.32 bits per heavy atom. The molecular weight excluding hydrogens is 248 g/mol. The molecule has 0 spiro atoms. The highest BCUT2D eigenvalue weighted by molar-refractivity contribution is 5.98. The topological polar surface area (TPSA) is 111 Å². The minimum atomic E-state index is -0.584. The van der Waals surface area contributed by atoms with Crippen LogP contribution in [-0.4, -0.2) is 35.2 Å². The average molecular weight is 258 g/mol. The van der Waals surface area contributed by atoms with Crippen LogP contribution < -0.4 is 0 Å². The molecule has 1 rings (SSSR count). The standard InChI is InChI=1S/C12H10N4O3/c13-4-6-15(7-5-14)9-12(17)10-2-1-3-11(8-10)16(18)19/h1-3,8H,6-7,9H2. The third-order valence-corrected chi connectivity index (χ3v) is 2.33. The number of carbonyl (C=O) groups excluding carboxylic acids is 1. The number of nitro benzene ring substituents is 1. The number of Topliss-reactive ketones (excluding diaryl/α,β-unsaturated/α-hetero) is 1. The molecule has 1 aromatic rings. The first kappa shape index (κ1) is 14.3. The molecule has 0 fully saturated rings. The summed E-state index contributed by atoms with van der Waals surface area (Å²) in [6, 6.07) is 9.06. The van der Waals surface area contributed by atoms with Gasteiger partial charge in [0.15, 0.2) is 5.78 Å². The van der Waals surface area contributed by atoms with Gasteiger partial charge in [-0.15, -0.1) is 0 Å². The number of nitrogens with zero attached hydrogens (tertiary/aromatic N) is 4. The molecule has 0 amide bonds. The van der Waals surface area contributed by atoms with E-state index in [1.54, 1.807) is 0 Å². The Kier molecular flexibility index (Phi) is 5.15. The second-order valence-corrected chi connectivity index (χ2v) is 3.69. The summed E-state index contributed by atoms with van der Waals surface area (Å²) in [7, 11) is 0. The molecule has 0 atom stereocenters. The zero-order valence-electron chi connectivity index (χ0n) is 9.94. The van der Waals surface area contributed by atoms with Gasteiger partial charge in [-0.05, 0) is 0 Å². The molecule has 0 saturated carbocycles. The van der Waals surface area contributed by atoms with Crippen LogP contribution in [0, 0.1) is 32.8 Å². The van der Waals surface area contributed by atoms with Crippen LogP contribution in [0.3, 0.4) is 0 Å². The Labute approximate surface area is 109 Å². The zero-order chi connectivity index (χ0) is 14.3. The van der Waals surface area contributed by atoms with Crippen molar-refractivity contribution >= 4 is 11.5 Å². The molecule has 0 N–H and O–H groups in total. The van der Waals surface area contributed by atoms with Crippen molar-refractivity contribution in [3.63, 3.8) is 0 Å². The first-order valence-corrected chi connectivity index (χ1v) is 5.32. The van der Waals surface area contributed by atoms with Crippen molar-refractivity contribution in [2.75, 3.05) is 19.6 Å². The van der Waals surface area contributed by atoms with Gasteiger partial charge in [0.1, 0.15) is 0 Å². The van der Waals surface area contributed by atoms with E-state index in [2.05, 4.69) is 0 Å². The summed E-state index contributed by atoms with van der Waals surface area (Å²) in [5.74, 6) is -0.366. The summed E-state index contributed by atoms with van der Waals surface area (Å²) < 4.78 is 0. The second kappa shape index (κ2) is 6.84. The quantitative estimate of drug-likeness (QED) is 0.327. The molecule has 0 saturated heterocycles. The highest BCUT2D eigenvalue weighted by Gasteiger charge is 2.15. The summed E-state index contributed by atoms with van der Waals surface area (Å²) in [5.41, 5.74) is 0.0213. The summed E-state index contributed by atoms with van der Waals surface area (Å²) in [5, 5.41) is 27.7. The van der Waals surface area contributed by atoms with Gasteiger partial charge in [0, 0.05) is 17.7 Å². The van der Waals surface area contributed by atoms with Gasteiger partial charge < -0.3 is 0 Å². The van der Waals surface area contributed by atoms with E-state index in [4.69, 9.17) is 10.5 Å². The third kappa shape index (κ3) is 4.19. The smallest absolute Gasteiger partial charge is 0.270 e. The zero-order valence-corrected chi connectivity index (χ0v) is 9.94. The minimum Gasteiger partial charge on any atom is -0.293 e. The first-order valence-electron chi connectivity index (χ1n) is 5.32. The van der Waals surface area contributed by atoms with Crippen LogP contribution in [0.5, 0.6) is 0 Å². The SMILES string of the molecule is N#CCN(CC#N)CC(=O)c1cccc([N+](=O)[O-])c1. The monoisotopic (exact) mass is 258 g/mol. The normalized spacial score (nSPS) is 9.63. The molecule has 0 aliphatic carbocycles. The number of nitriles is 2. The molecule has 0 bridgehead atoms. The molecule has 96 valence electrons. The fraction of sp³-hybridized carbons (Fsp3) is 0.250. The van der Waals surface area contributed by atoms with E-state index >= 15 is 0 Å². The van der Waals surface area contributed by atoms with Gasteiger partial charge >= 0.3 is 0 Å². The number of carbonyl (C=O) groups is 1. The maximum Gasteiger partial charge on any atom is 0.270 e. The van der Waals surface area contributed by atoms with Crippen molar-refractivity contribution in [2.45, 2.75) is 0 Å². The molecule has 0 aliphatic heterocycles. The van der Waals surface area contributed by atoms with E-state index in [0.29, 0.717) is 0 Å². The van der Waals surface area contributed by atoms with Gasteiger partial charge in [-0.2, -0.15) is 10.5 Å². The van der Waals surface area contributed by atoms with Gasteiger partial charge in [-0.1, -0.05) is 12.1 Å². The largest absolute Gasteiger partial charge is 0.293 e. The number of hydrogen-bond acceptors (Lipinski definition) is 6. The highest BCUT2D eigenvalue weighted by atomic mass is 16.6. The molecule has 1 aromatic carbocycles. The molecule has 19 heavy (non-hydrogen) atoms. The minimum absolute atomic E-state index is 0.0474. The molecular formula is C12H10N4O3. The molecule has 0 radical (unpaired) electrons. The molecule has 0 heterocycles. The highest BCUT2D eigenvalue weighted by Crippen LogP contribution is 2.13. The van der Waals surface area contributed by atoms with E-state index in [0.717, 1.165) is 0 Å². The predicted octanol–water partition coefficient (Wildman–Crippen LogP) is 1.13. The van der Waals surface area contributed by atoms with Crippen LogP contribution >= 0.6 is 0 Å². The van der Waals surface area contributed by atoms with E-state index in [-0.39, 0.29) is 36.7 Å². The Hall–Kier alpha value is -2.77. The Bertz CT molecular complexity index is 555. The number of rotatable bonds is 6. The Balaban J connectivity index is 2.83. The number of ketones is 1. The van der Waals surface area contributed by atoms with Crippen molar-refractivity contribution in [1.82, 2.24) is 4.90 Å². The molecule has 7 nitrogen and oxygen atoms in total. The predicted molar refractivity (Wildman–Crippen MR) is 65.1 cm³/mol. The number of non-ortho nitro benzene ring substituents is 1. The molecule has 0 unspecified atom stereocenters. The molecule has 7 heteroatoms. The lowest BCUT2D eigenvalue weighted by atomic mass is 10.1. The van der Waals surface area contributed by atoms with E-state index in [1.165, 1.54) is 29.2 Å². The summed E-state index contributed by atoms with van der Waals surface area (Å²) in [4.78, 5) is 23.3. The summed E-state index contributed by atoms with van der Waals surface area (Å²) >= 11 is 0. The summed E-state index contributed by atoms with van der Waals surface area (Å²) in [6.07, 6.45) is 0. The van der Waals surface area contributed by atoms with Crippen molar-refractivity contribution in [2.24, 2.45) is 0 Å². The van der Waals surface area contributed by atoms with Crippen LogP contribution in [-0.2, 0) is 0 Å². The van der Waals surface area contributed by atoms with Crippen molar-refractivity contribution in [1.29, 1.82) is 10.5 Å². The van der Waals surface area contributed by atoms with E-state index in [1.807, 2.05) is 12.1 Å². The van der Waals surface area contributed by atoms with Crippen LogP contribution in [0.25, 0.3) is 0 Å². The van der Waals surface area contributed by atoms with Crippen LogP contribution in [0.2, 0.25) is 0 Å². The fourth-order valence-electron chi connectivity index (χ4n) is 1.46. The molecule has 0 aromatic heterocycles. The Morgan fingerprint density at radius 3 is 2.47 bits per heavy atom. The maximum atomic E-state index is 11.9. The maximum absolute atomic E-state index is 11.9. The third-order valence-electron chi connectivity index (χ3n) is 2.33. The lowest BCUT2D eigenvalue weighted by molar-refractivity contribution is -0.384. The van der Waals surface area contributed by atoms with Crippen LogP contribution in [0.4, 0.5) is 5.69 Å². The van der Waals surface area contributed by atoms with Gasteiger partial charge in [0.2, 0.25) is 0 Å². The number of benzene rings is 1. The number of hydrogen-bond donors (Lipinski definition) is 0. The lowest BCUT2D eigenvalue weighted by Gasteiger charge is -2.13. The van der Waals surface area contributed by atoms with Gasteiger partial charge in [-0.3, -0.25) is 19.8 Å². The Morgan fingerprint density at radius 2 is 1.95 bits per heavy atom.